The summed E-state index contributed by atoms with van der Waals surface area (Å²) in [6, 6.07) is 8.57. The highest BCUT2D eigenvalue weighted by Crippen LogP contribution is 2.23. The van der Waals surface area contributed by atoms with Crippen LogP contribution in [0.5, 0.6) is 0 Å². The maximum absolute atomic E-state index is 8.39. The normalized spacial score (nSPS) is 9.62. The zero-order valence-corrected chi connectivity index (χ0v) is 8.82. The van der Waals surface area contributed by atoms with E-state index in [0.29, 0.717) is 6.42 Å². The SMILES string of the molecule is Cc1ccc(SCCC#N)c(C)c1. The van der Waals surface area contributed by atoms with E-state index in [-0.39, 0.29) is 0 Å². The number of hydrogen-bond acceptors (Lipinski definition) is 2. The van der Waals surface area contributed by atoms with E-state index in [2.05, 4.69) is 38.1 Å². The molecular formula is C11H13NS. The molecule has 0 aromatic heterocycles. The summed E-state index contributed by atoms with van der Waals surface area (Å²) in [4.78, 5) is 1.29. The Morgan fingerprint density at radius 3 is 2.77 bits per heavy atom. The lowest BCUT2D eigenvalue weighted by Crippen LogP contribution is -1.83. The Bertz CT molecular complexity index is 325. The second-order valence-electron chi connectivity index (χ2n) is 3.03. The van der Waals surface area contributed by atoms with Crippen molar-refractivity contribution >= 4 is 11.8 Å². The quantitative estimate of drug-likeness (QED) is 0.540. The van der Waals surface area contributed by atoms with Crippen molar-refractivity contribution in [1.82, 2.24) is 0 Å². The first kappa shape index (κ1) is 10.1. The zero-order chi connectivity index (χ0) is 9.68. The highest BCUT2D eigenvalue weighted by Gasteiger charge is 1.98. The standard InChI is InChI=1S/C11H13NS/c1-9-4-5-11(10(2)8-9)13-7-3-6-12/h4-5,8H,3,7H2,1-2H3. The molecule has 0 N–H and O–H groups in total. The number of thioether (sulfide) groups is 1. The Morgan fingerprint density at radius 1 is 1.38 bits per heavy atom. The van der Waals surface area contributed by atoms with Gasteiger partial charge in [-0.1, -0.05) is 17.7 Å². The largest absolute Gasteiger partial charge is 0.198 e. The summed E-state index contributed by atoms with van der Waals surface area (Å²) in [7, 11) is 0. The van der Waals surface area contributed by atoms with Crippen molar-refractivity contribution in [2.75, 3.05) is 5.75 Å². The van der Waals surface area contributed by atoms with Gasteiger partial charge in [0.1, 0.15) is 0 Å². The van der Waals surface area contributed by atoms with Crippen molar-refractivity contribution in [3.8, 4) is 6.07 Å². The third-order valence-corrected chi connectivity index (χ3v) is 2.98. The summed E-state index contributed by atoms with van der Waals surface area (Å²) in [6.45, 7) is 4.21. The van der Waals surface area contributed by atoms with Crippen LogP contribution in [0, 0.1) is 25.2 Å². The molecule has 13 heavy (non-hydrogen) atoms. The van der Waals surface area contributed by atoms with Crippen LogP contribution in [0.2, 0.25) is 0 Å². The van der Waals surface area contributed by atoms with Crippen LogP contribution in [0.25, 0.3) is 0 Å². The van der Waals surface area contributed by atoms with Crippen molar-refractivity contribution in [2.24, 2.45) is 0 Å². The van der Waals surface area contributed by atoms with Crippen molar-refractivity contribution in [3.05, 3.63) is 29.3 Å². The third kappa shape index (κ3) is 3.12. The number of rotatable bonds is 3. The number of hydrogen-bond donors (Lipinski definition) is 0. The molecule has 0 atom stereocenters. The van der Waals surface area contributed by atoms with Gasteiger partial charge in [0.15, 0.2) is 0 Å². The second kappa shape index (κ2) is 4.94. The van der Waals surface area contributed by atoms with Gasteiger partial charge >= 0.3 is 0 Å². The fourth-order valence-corrected chi connectivity index (χ4v) is 2.03. The Hall–Kier alpha value is -0.940. The highest BCUT2D eigenvalue weighted by atomic mass is 32.2. The fraction of sp³-hybridized carbons (Fsp3) is 0.364. The minimum absolute atomic E-state index is 0.623. The summed E-state index contributed by atoms with van der Waals surface area (Å²) in [5.74, 6) is 0.889. The lowest BCUT2D eigenvalue weighted by molar-refractivity contribution is 1.22. The van der Waals surface area contributed by atoms with Gasteiger partial charge < -0.3 is 0 Å². The number of nitrogens with zero attached hydrogens (tertiary/aromatic N) is 1. The van der Waals surface area contributed by atoms with Crippen molar-refractivity contribution in [1.29, 1.82) is 5.26 Å². The molecule has 2 heteroatoms. The molecule has 0 aliphatic rings. The third-order valence-electron chi connectivity index (χ3n) is 1.80. The summed E-state index contributed by atoms with van der Waals surface area (Å²) < 4.78 is 0. The predicted octanol–water partition coefficient (Wildman–Crippen LogP) is 3.31. The molecular weight excluding hydrogens is 178 g/mol. The molecule has 0 aliphatic heterocycles. The number of aryl methyl sites for hydroxylation is 2. The van der Waals surface area contributed by atoms with E-state index in [1.54, 1.807) is 11.8 Å². The van der Waals surface area contributed by atoms with Crippen molar-refractivity contribution in [3.63, 3.8) is 0 Å². The van der Waals surface area contributed by atoms with E-state index >= 15 is 0 Å². The van der Waals surface area contributed by atoms with Gasteiger partial charge in [-0.25, -0.2) is 0 Å². The molecule has 0 spiro atoms. The zero-order valence-electron chi connectivity index (χ0n) is 8.00. The minimum Gasteiger partial charge on any atom is -0.198 e. The van der Waals surface area contributed by atoms with E-state index in [4.69, 9.17) is 5.26 Å². The van der Waals surface area contributed by atoms with Gasteiger partial charge in [0.2, 0.25) is 0 Å². The molecule has 1 aromatic carbocycles. The van der Waals surface area contributed by atoms with Crippen LogP contribution in [-0.4, -0.2) is 5.75 Å². The lowest BCUT2D eigenvalue weighted by atomic mass is 10.2. The van der Waals surface area contributed by atoms with Gasteiger partial charge in [-0.15, -0.1) is 11.8 Å². The van der Waals surface area contributed by atoms with Crippen LogP contribution >= 0.6 is 11.8 Å². The van der Waals surface area contributed by atoms with Gasteiger partial charge in [0.05, 0.1) is 6.07 Å². The summed E-state index contributed by atoms with van der Waals surface area (Å²) in [6.07, 6.45) is 0.623. The molecule has 0 unspecified atom stereocenters. The first-order valence-electron chi connectivity index (χ1n) is 4.31. The first-order valence-corrected chi connectivity index (χ1v) is 5.29. The van der Waals surface area contributed by atoms with E-state index in [1.165, 1.54) is 16.0 Å². The summed E-state index contributed by atoms with van der Waals surface area (Å²) >= 11 is 1.76. The maximum atomic E-state index is 8.39. The van der Waals surface area contributed by atoms with Crippen LogP contribution < -0.4 is 0 Å². The van der Waals surface area contributed by atoms with Crippen LogP contribution in [0.4, 0.5) is 0 Å². The van der Waals surface area contributed by atoms with Crippen LogP contribution in [0.3, 0.4) is 0 Å². The average molecular weight is 191 g/mol. The Morgan fingerprint density at radius 2 is 2.15 bits per heavy atom. The van der Waals surface area contributed by atoms with Crippen LogP contribution in [0.1, 0.15) is 17.5 Å². The lowest BCUT2D eigenvalue weighted by Gasteiger charge is -2.04. The average Bonchev–Trinajstić information content (AvgIpc) is 2.09. The number of nitriles is 1. The fourth-order valence-electron chi connectivity index (χ4n) is 1.17. The van der Waals surface area contributed by atoms with Gasteiger partial charge in [-0.2, -0.15) is 5.26 Å². The van der Waals surface area contributed by atoms with Crippen molar-refractivity contribution in [2.45, 2.75) is 25.2 Å². The Kier molecular flexibility index (Phi) is 3.85. The molecule has 0 radical (unpaired) electrons. The molecule has 0 saturated carbocycles. The highest BCUT2D eigenvalue weighted by molar-refractivity contribution is 7.99. The summed E-state index contributed by atoms with van der Waals surface area (Å²) in [5, 5.41) is 8.39. The smallest absolute Gasteiger partial charge is 0.0630 e. The minimum atomic E-state index is 0.623. The molecule has 1 rings (SSSR count). The molecule has 0 heterocycles. The molecule has 0 saturated heterocycles. The first-order chi connectivity index (χ1) is 6.24. The van der Waals surface area contributed by atoms with Gasteiger partial charge in [-0.05, 0) is 25.5 Å². The van der Waals surface area contributed by atoms with Gasteiger partial charge in [0, 0.05) is 17.1 Å². The van der Waals surface area contributed by atoms with E-state index in [1.807, 2.05) is 0 Å². The van der Waals surface area contributed by atoms with E-state index in [0.717, 1.165) is 5.75 Å². The molecule has 0 fully saturated rings. The monoisotopic (exact) mass is 191 g/mol. The predicted molar refractivity (Wildman–Crippen MR) is 56.9 cm³/mol. The Labute approximate surface area is 83.8 Å². The maximum Gasteiger partial charge on any atom is 0.0630 e. The Balaban J connectivity index is 2.62. The second-order valence-corrected chi connectivity index (χ2v) is 4.16. The van der Waals surface area contributed by atoms with Gasteiger partial charge in [0.25, 0.3) is 0 Å². The van der Waals surface area contributed by atoms with E-state index in [9.17, 15) is 0 Å². The van der Waals surface area contributed by atoms with Crippen LogP contribution in [-0.2, 0) is 0 Å². The number of benzene rings is 1. The summed E-state index contributed by atoms with van der Waals surface area (Å²) in [5.41, 5.74) is 2.60. The van der Waals surface area contributed by atoms with E-state index < -0.39 is 0 Å². The molecule has 0 bridgehead atoms. The van der Waals surface area contributed by atoms with Gasteiger partial charge in [-0.3, -0.25) is 0 Å². The molecule has 1 nitrogen and oxygen atoms in total. The molecule has 1 aromatic rings. The molecule has 0 amide bonds. The topological polar surface area (TPSA) is 23.8 Å². The van der Waals surface area contributed by atoms with Crippen LogP contribution in [0.15, 0.2) is 23.1 Å². The molecule has 0 aliphatic carbocycles. The van der Waals surface area contributed by atoms with Crippen molar-refractivity contribution < 1.29 is 0 Å². The molecule has 68 valence electrons.